The summed E-state index contributed by atoms with van der Waals surface area (Å²) in [5, 5.41) is 7.52. The highest BCUT2D eigenvalue weighted by Crippen LogP contribution is 2.61. The van der Waals surface area contributed by atoms with Crippen LogP contribution < -0.4 is 19.7 Å². The molecule has 17 heteroatoms. The molecule has 8 rings (SSSR count). The van der Waals surface area contributed by atoms with Crippen LogP contribution in [0.15, 0.2) is 102 Å². The van der Waals surface area contributed by atoms with E-state index in [1.807, 2.05) is 25.1 Å². The quantitative estimate of drug-likeness (QED) is 0.111. The number of amides is 1. The summed E-state index contributed by atoms with van der Waals surface area (Å²) in [7, 11) is -3.21. The van der Waals surface area contributed by atoms with E-state index in [1.54, 1.807) is 18.2 Å². The third kappa shape index (κ3) is 6.67. The predicted octanol–water partition coefficient (Wildman–Crippen LogP) is 6.01. The van der Waals surface area contributed by atoms with Gasteiger partial charge in [-0.1, -0.05) is 72.3 Å². The number of benzene rings is 4. The van der Waals surface area contributed by atoms with Crippen LogP contribution in [-0.2, 0) is 30.4 Å². The van der Waals surface area contributed by atoms with Gasteiger partial charge in [0.15, 0.2) is 5.75 Å². The first-order chi connectivity index (χ1) is 27.9. The molecule has 12 nitrogen and oxygen atoms in total. The average Bonchev–Trinajstić information content (AvgIpc) is 3.93. The predicted molar refractivity (Wildman–Crippen MR) is 220 cm³/mol. The number of likely N-dealkylation sites (tertiary alicyclic amines) is 2. The first-order valence-corrected chi connectivity index (χ1v) is 22.0. The number of nitrogens with zero attached hydrogens (tertiary/aromatic N) is 4. The Labute approximate surface area is 342 Å². The Morgan fingerprint density at radius 3 is 2.34 bits per heavy atom. The van der Waals surface area contributed by atoms with Gasteiger partial charge in [-0.05, 0) is 74.8 Å². The smallest absolute Gasteiger partial charge is 0.374 e. The van der Waals surface area contributed by atoms with Gasteiger partial charge < -0.3 is 19.7 Å². The zero-order valence-electron chi connectivity index (χ0n) is 33.1. The first kappa shape index (κ1) is 40.8. The molecule has 0 aromatic heterocycles. The van der Waals surface area contributed by atoms with Crippen LogP contribution in [0.2, 0.25) is 0 Å². The Balaban J connectivity index is 1.22. The summed E-state index contributed by atoms with van der Waals surface area (Å²) in [6.45, 7) is 3.29. The normalized spacial score (nSPS) is 24.3. The lowest BCUT2D eigenvalue weighted by atomic mass is 9.64. The Kier molecular flexibility index (Phi) is 10.1. The summed E-state index contributed by atoms with van der Waals surface area (Å²) in [5.74, 6) is -1.33. The van der Waals surface area contributed by atoms with Crippen molar-refractivity contribution in [1.29, 1.82) is 0 Å². The van der Waals surface area contributed by atoms with Crippen LogP contribution in [-0.4, -0.2) is 103 Å². The number of aryl methyl sites for hydroxylation is 1. The van der Waals surface area contributed by atoms with E-state index in [0.29, 0.717) is 11.3 Å². The molecule has 1 amide bonds. The molecule has 59 heavy (non-hydrogen) atoms. The maximum atomic E-state index is 14.8. The monoisotopic (exact) mass is 850 g/mol. The van der Waals surface area contributed by atoms with Gasteiger partial charge in [-0.2, -0.15) is 25.9 Å². The van der Waals surface area contributed by atoms with Crippen molar-refractivity contribution in [2.75, 3.05) is 63.4 Å². The molecular formula is C42H45F3N6O6S2. The molecule has 4 aromatic rings. The van der Waals surface area contributed by atoms with E-state index in [0.717, 1.165) is 51.6 Å². The van der Waals surface area contributed by atoms with Crippen LogP contribution in [0.3, 0.4) is 0 Å². The molecule has 4 aromatic carbocycles. The molecule has 4 heterocycles. The highest BCUT2D eigenvalue weighted by atomic mass is 32.2. The highest BCUT2D eigenvalue weighted by molar-refractivity contribution is 7.89. The average molecular weight is 851 g/mol. The second kappa shape index (κ2) is 14.7. The molecule has 5 atom stereocenters. The zero-order chi connectivity index (χ0) is 42.2. The number of nitrogens with one attached hydrogen (secondary N) is 2. The van der Waals surface area contributed by atoms with E-state index in [4.69, 9.17) is 0 Å². The Morgan fingerprint density at radius 2 is 1.61 bits per heavy atom. The number of alkyl halides is 3. The zero-order valence-corrected chi connectivity index (χ0v) is 34.7. The molecule has 2 saturated heterocycles. The van der Waals surface area contributed by atoms with Gasteiger partial charge in [0.05, 0.1) is 22.9 Å². The Morgan fingerprint density at radius 1 is 0.915 bits per heavy atom. The van der Waals surface area contributed by atoms with E-state index < -0.39 is 37.3 Å². The lowest BCUT2D eigenvalue weighted by Crippen LogP contribution is -2.48. The summed E-state index contributed by atoms with van der Waals surface area (Å²) < 4.78 is 97.6. The first-order valence-electron chi connectivity index (χ1n) is 19.1. The van der Waals surface area contributed by atoms with Gasteiger partial charge in [0, 0.05) is 67.6 Å². The molecule has 2 N–H and O–H groups in total. The highest BCUT2D eigenvalue weighted by Gasteiger charge is 2.63. The second-order valence-electron chi connectivity index (χ2n) is 15.8. The third-order valence-corrected chi connectivity index (χ3v) is 15.3. The number of carbonyl (C=O) groups excluding carboxylic acids is 1. The molecule has 312 valence electrons. The second-order valence-corrected chi connectivity index (χ2v) is 19.4. The Hall–Kier alpha value is -4.94. The summed E-state index contributed by atoms with van der Waals surface area (Å²) in [6.07, 6.45) is 2.34. The number of sulfonamides is 1. The molecule has 0 bridgehead atoms. The maximum absolute atomic E-state index is 14.8. The third-order valence-electron chi connectivity index (χ3n) is 12.5. The minimum Gasteiger partial charge on any atom is -0.374 e. The molecular weight excluding hydrogens is 806 g/mol. The molecule has 0 spiro atoms. The summed E-state index contributed by atoms with van der Waals surface area (Å²) in [6, 6.07) is 25.5. The number of para-hydroxylation sites is 4. The van der Waals surface area contributed by atoms with Gasteiger partial charge >= 0.3 is 15.6 Å². The fourth-order valence-corrected chi connectivity index (χ4v) is 11.1. The van der Waals surface area contributed by atoms with E-state index in [2.05, 4.69) is 56.9 Å². The van der Waals surface area contributed by atoms with Crippen molar-refractivity contribution in [3.63, 3.8) is 0 Å². The minimum absolute atomic E-state index is 0.0164. The van der Waals surface area contributed by atoms with Crippen molar-refractivity contribution in [2.45, 2.75) is 47.4 Å². The minimum atomic E-state index is -6.08. The number of halogens is 3. The number of hydrogen-bond donors (Lipinski definition) is 2. The maximum Gasteiger partial charge on any atom is 0.534 e. The topological polar surface area (TPSA) is 132 Å². The van der Waals surface area contributed by atoms with Crippen molar-refractivity contribution in [1.82, 2.24) is 14.1 Å². The van der Waals surface area contributed by atoms with Crippen LogP contribution in [0, 0.1) is 12.8 Å². The van der Waals surface area contributed by atoms with Crippen LogP contribution in [0.1, 0.15) is 34.6 Å². The Bertz CT molecular complexity index is 2570. The number of fused-ring (bicyclic) bond motifs is 6. The van der Waals surface area contributed by atoms with Crippen molar-refractivity contribution >= 4 is 48.7 Å². The standard InChI is InChI=1S/C42H45F3N6O6S2/c1-26-17-19-27(20-18-26)58(53,54)50(4)23-21-29(39(52)51(5)34-15-8-9-16-35(34)57-59(55,56)42(43,44)45)28-11-10-12-30-36-32(25-49(3)38(36)47-37(28)30)41-22-24-48(2)40(41)46-33-14-7-6-13-31(33)41/h6-21,32,36,38,40,46-47H,22-25H2,1-5H3/b29-21-/t32-,36?,38+,40+,41+/m1/s1. The number of carbonyl (C=O) groups is 1. The van der Waals surface area contributed by atoms with Gasteiger partial charge in [-0.25, -0.2) is 8.42 Å². The number of rotatable bonds is 10. The molecule has 4 aliphatic rings. The van der Waals surface area contributed by atoms with Crippen molar-refractivity contribution in [2.24, 2.45) is 5.92 Å². The fourth-order valence-electron chi connectivity index (χ4n) is 9.56. The van der Waals surface area contributed by atoms with Crippen LogP contribution in [0.4, 0.5) is 30.2 Å². The van der Waals surface area contributed by atoms with Gasteiger partial charge in [-0.3, -0.25) is 14.6 Å². The fraction of sp³-hybridized carbons (Fsp3) is 0.357. The molecule has 1 unspecified atom stereocenters. The molecule has 2 fully saturated rings. The molecule has 0 saturated carbocycles. The van der Waals surface area contributed by atoms with E-state index in [-0.39, 0.29) is 52.3 Å². The van der Waals surface area contributed by atoms with E-state index in [9.17, 15) is 34.8 Å². The largest absolute Gasteiger partial charge is 0.534 e. The number of anilines is 3. The number of likely N-dealkylation sites (N-methyl/N-ethyl adjacent to an activating group) is 4. The summed E-state index contributed by atoms with van der Waals surface area (Å²) in [5.41, 5.74) is -0.767. The summed E-state index contributed by atoms with van der Waals surface area (Å²) >= 11 is 0. The van der Waals surface area contributed by atoms with Crippen molar-refractivity contribution in [3.05, 3.63) is 119 Å². The number of hydrogen-bond acceptors (Lipinski definition) is 10. The summed E-state index contributed by atoms with van der Waals surface area (Å²) in [4.78, 5) is 20.6. The van der Waals surface area contributed by atoms with Crippen molar-refractivity contribution in [3.8, 4) is 5.75 Å². The van der Waals surface area contributed by atoms with Crippen LogP contribution in [0.5, 0.6) is 5.75 Å². The van der Waals surface area contributed by atoms with Gasteiger partial charge in [0.25, 0.3) is 5.91 Å². The van der Waals surface area contributed by atoms with E-state index >= 15 is 0 Å². The lowest BCUT2D eigenvalue weighted by Gasteiger charge is -2.39. The SMILES string of the molecule is Cc1ccc(S(=O)(=O)N(C)C/C=C(\C(=O)N(C)c2ccccc2OS(=O)(=O)C(F)(F)F)c2cccc3c2N[C@@H]2C3[C@H]([C@@]34CCN(C)[C@@H]3Nc3ccccc34)CN2C)cc1. The van der Waals surface area contributed by atoms with Gasteiger partial charge in [-0.15, -0.1) is 0 Å². The molecule has 0 radical (unpaired) electrons. The van der Waals surface area contributed by atoms with Crippen LogP contribution >= 0.6 is 0 Å². The van der Waals surface area contributed by atoms with Crippen molar-refractivity contribution < 1.29 is 39.0 Å². The lowest BCUT2D eigenvalue weighted by molar-refractivity contribution is -0.113. The van der Waals surface area contributed by atoms with Crippen LogP contribution in [0.25, 0.3) is 5.57 Å². The van der Waals surface area contributed by atoms with Gasteiger partial charge in [0.2, 0.25) is 10.0 Å². The molecule has 0 aliphatic carbocycles. The molecule has 4 aliphatic heterocycles. The van der Waals surface area contributed by atoms with E-state index in [1.165, 1.54) is 56.1 Å². The van der Waals surface area contributed by atoms with Gasteiger partial charge in [0.1, 0.15) is 0 Å².